The molecule has 2 rings (SSSR count). The van der Waals surface area contributed by atoms with Gasteiger partial charge in [0.15, 0.2) is 0 Å². The summed E-state index contributed by atoms with van der Waals surface area (Å²) < 4.78 is 0. The van der Waals surface area contributed by atoms with E-state index in [1.165, 1.54) is 4.88 Å². The summed E-state index contributed by atoms with van der Waals surface area (Å²) in [6, 6.07) is 14.0. The predicted octanol–water partition coefficient (Wildman–Crippen LogP) is 2.15. The number of rotatable bonds is 6. The molecule has 0 atom stereocenters. The van der Waals surface area contributed by atoms with Crippen LogP contribution in [-0.2, 0) is 17.9 Å². The zero-order valence-electron chi connectivity index (χ0n) is 10.1. The van der Waals surface area contributed by atoms with Crippen LogP contribution in [0.25, 0.3) is 0 Å². The number of carbonyl (C=O) groups excluding carboxylic acids is 1. The number of carbonyl (C=O) groups is 1. The van der Waals surface area contributed by atoms with Crippen molar-refractivity contribution < 1.29 is 4.79 Å². The topological polar surface area (TPSA) is 41.1 Å². The Morgan fingerprint density at radius 3 is 2.61 bits per heavy atom. The molecule has 2 aromatic rings. The molecule has 0 saturated heterocycles. The summed E-state index contributed by atoms with van der Waals surface area (Å²) in [5.74, 6) is 0.0235. The first-order valence-corrected chi connectivity index (χ1v) is 6.76. The molecule has 1 aromatic heterocycles. The Morgan fingerprint density at radius 2 is 1.89 bits per heavy atom. The molecule has 1 heterocycles. The van der Waals surface area contributed by atoms with Gasteiger partial charge < -0.3 is 10.6 Å². The third-order valence-corrected chi connectivity index (χ3v) is 3.37. The van der Waals surface area contributed by atoms with E-state index < -0.39 is 0 Å². The maximum atomic E-state index is 11.6. The fourth-order valence-electron chi connectivity index (χ4n) is 1.57. The molecule has 2 N–H and O–H groups in total. The molecule has 1 aromatic carbocycles. The highest BCUT2D eigenvalue weighted by Gasteiger charge is 2.00. The molecule has 0 spiro atoms. The normalized spacial score (nSPS) is 10.2. The Labute approximate surface area is 111 Å². The Bertz CT molecular complexity index is 468. The van der Waals surface area contributed by atoms with E-state index in [2.05, 4.69) is 16.7 Å². The second-order valence-corrected chi connectivity index (χ2v) is 4.98. The van der Waals surface area contributed by atoms with E-state index in [0.29, 0.717) is 13.1 Å². The minimum absolute atomic E-state index is 0.0235. The summed E-state index contributed by atoms with van der Waals surface area (Å²) >= 11 is 1.69. The van der Waals surface area contributed by atoms with Gasteiger partial charge in [-0.25, -0.2) is 0 Å². The molecule has 0 aliphatic rings. The fraction of sp³-hybridized carbons (Fsp3) is 0.214. The van der Waals surface area contributed by atoms with E-state index in [1.807, 2.05) is 41.8 Å². The Balaban J connectivity index is 1.63. The van der Waals surface area contributed by atoms with Crippen molar-refractivity contribution in [3.05, 3.63) is 58.3 Å². The molecule has 0 saturated carbocycles. The van der Waals surface area contributed by atoms with Crippen LogP contribution in [0.5, 0.6) is 0 Å². The number of thiophene rings is 1. The lowest BCUT2D eigenvalue weighted by molar-refractivity contribution is -0.120. The second-order valence-electron chi connectivity index (χ2n) is 3.95. The molecule has 0 aliphatic heterocycles. The smallest absolute Gasteiger partial charge is 0.234 e. The highest BCUT2D eigenvalue weighted by molar-refractivity contribution is 7.09. The van der Waals surface area contributed by atoms with Crippen LogP contribution in [0.15, 0.2) is 47.8 Å². The number of benzene rings is 1. The van der Waals surface area contributed by atoms with Crippen LogP contribution in [-0.4, -0.2) is 12.5 Å². The largest absolute Gasteiger partial charge is 0.351 e. The van der Waals surface area contributed by atoms with Crippen LogP contribution < -0.4 is 10.6 Å². The SMILES string of the molecule is O=C(CNCc1cccs1)NCc1ccccc1. The van der Waals surface area contributed by atoms with Crippen LogP contribution in [0.2, 0.25) is 0 Å². The van der Waals surface area contributed by atoms with Crippen molar-refractivity contribution in [2.45, 2.75) is 13.1 Å². The zero-order chi connectivity index (χ0) is 12.6. The van der Waals surface area contributed by atoms with Gasteiger partial charge >= 0.3 is 0 Å². The van der Waals surface area contributed by atoms with Crippen molar-refractivity contribution in [3.8, 4) is 0 Å². The van der Waals surface area contributed by atoms with Gasteiger partial charge in [0.25, 0.3) is 0 Å². The van der Waals surface area contributed by atoms with Crippen molar-refractivity contribution in [2.75, 3.05) is 6.54 Å². The van der Waals surface area contributed by atoms with E-state index in [9.17, 15) is 4.79 Å². The first kappa shape index (κ1) is 12.8. The molecule has 3 nitrogen and oxygen atoms in total. The molecule has 0 aliphatic carbocycles. The van der Waals surface area contributed by atoms with Gasteiger partial charge in [0, 0.05) is 18.0 Å². The predicted molar refractivity (Wildman–Crippen MR) is 74.3 cm³/mol. The van der Waals surface area contributed by atoms with Crippen molar-refractivity contribution in [3.63, 3.8) is 0 Å². The van der Waals surface area contributed by atoms with Crippen LogP contribution in [0.3, 0.4) is 0 Å². The van der Waals surface area contributed by atoms with E-state index in [4.69, 9.17) is 0 Å². The van der Waals surface area contributed by atoms with Crippen molar-refractivity contribution in [1.82, 2.24) is 10.6 Å². The van der Waals surface area contributed by atoms with Gasteiger partial charge in [0.05, 0.1) is 6.54 Å². The number of hydrogen-bond donors (Lipinski definition) is 2. The van der Waals surface area contributed by atoms with Gasteiger partial charge in [-0.2, -0.15) is 0 Å². The molecule has 0 radical (unpaired) electrons. The summed E-state index contributed by atoms with van der Waals surface area (Å²) in [7, 11) is 0. The highest BCUT2D eigenvalue weighted by Crippen LogP contribution is 2.06. The molecule has 0 fully saturated rings. The molecule has 1 amide bonds. The van der Waals surface area contributed by atoms with Gasteiger partial charge in [0.1, 0.15) is 0 Å². The van der Waals surface area contributed by atoms with Crippen LogP contribution in [0.4, 0.5) is 0 Å². The van der Waals surface area contributed by atoms with Crippen LogP contribution >= 0.6 is 11.3 Å². The first-order valence-electron chi connectivity index (χ1n) is 5.88. The van der Waals surface area contributed by atoms with E-state index in [0.717, 1.165) is 12.1 Å². The highest BCUT2D eigenvalue weighted by atomic mass is 32.1. The maximum absolute atomic E-state index is 11.6. The standard InChI is InChI=1S/C14H16N2OS/c17-14(11-15-10-13-7-4-8-18-13)16-9-12-5-2-1-3-6-12/h1-8,15H,9-11H2,(H,16,17). The molecular formula is C14H16N2OS. The first-order chi connectivity index (χ1) is 8.84. The summed E-state index contributed by atoms with van der Waals surface area (Å²) in [5.41, 5.74) is 1.11. The lowest BCUT2D eigenvalue weighted by atomic mass is 10.2. The molecule has 94 valence electrons. The molecule has 0 bridgehead atoms. The van der Waals surface area contributed by atoms with E-state index in [-0.39, 0.29) is 5.91 Å². The second kappa shape index (κ2) is 6.93. The van der Waals surface area contributed by atoms with E-state index in [1.54, 1.807) is 11.3 Å². The van der Waals surface area contributed by atoms with E-state index >= 15 is 0 Å². The van der Waals surface area contributed by atoms with Crippen molar-refractivity contribution in [1.29, 1.82) is 0 Å². The van der Waals surface area contributed by atoms with Gasteiger partial charge in [-0.05, 0) is 17.0 Å². The number of hydrogen-bond acceptors (Lipinski definition) is 3. The maximum Gasteiger partial charge on any atom is 0.234 e. The van der Waals surface area contributed by atoms with Crippen molar-refractivity contribution >= 4 is 17.2 Å². The summed E-state index contributed by atoms with van der Waals surface area (Å²) in [5, 5.41) is 8.04. The Kier molecular flexibility index (Phi) is 4.93. The molecule has 0 unspecified atom stereocenters. The van der Waals surface area contributed by atoms with Gasteiger partial charge in [0.2, 0.25) is 5.91 Å². The summed E-state index contributed by atoms with van der Waals surface area (Å²) in [6.45, 7) is 1.68. The third kappa shape index (κ3) is 4.31. The van der Waals surface area contributed by atoms with Crippen LogP contribution in [0.1, 0.15) is 10.4 Å². The van der Waals surface area contributed by atoms with Gasteiger partial charge in [-0.3, -0.25) is 4.79 Å². The number of nitrogens with one attached hydrogen (secondary N) is 2. The lowest BCUT2D eigenvalue weighted by Crippen LogP contribution is -2.33. The molecule has 4 heteroatoms. The minimum Gasteiger partial charge on any atom is -0.351 e. The third-order valence-electron chi connectivity index (χ3n) is 2.50. The minimum atomic E-state index is 0.0235. The zero-order valence-corrected chi connectivity index (χ0v) is 10.9. The Morgan fingerprint density at radius 1 is 1.06 bits per heavy atom. The lowest BCUT2D eigenvalue weighted by Gasteiger charge is -2.06. The van der Waals surface area contributed by atoms with Crippen molar-refractivity contribution in [2.24, 2.45) is 0 Å². The van der Waals surface area contributed by atoms with Gasteiger partial charge in [-0.15, -0.1) is 11.3 Å². The fourth-order valence-corrected chi connectivity index (χ4v) is 2.25. The quantitative estimate of drug-likeness (QED) is 0.835. The average Bonchev–Trinajstić information content (AvgIpc) is 2.91. The number of amides is 1. The van der Waals surface area contributed by atoms with Gasteiger partial charge in [-0.1, -0.05) is 36.4 Å². The summed E-state index contributed by atoms with van der Waals surface area (Å²) in [4.78, 5) is 12.8. The monoisotopic (exact) mass is 260 g/mol. The summed E-state index contributed by atoms with van der Waals surface area (Å²) in [6.07, 6.45) is 0. The van der Waals surface area contributed by atoms with Crippen LogP contribution in [0, 0.1) is 0 Å². The average molecular weight is 260 g/mol. The molecular weight excluding hydrogens is 244 g/mol. The molecule has 18 heavy (non-hydrogen) atoms. The Hall–Kier alpha value is -1.65.